The van der Waals surface area contributed by atoms with Crippen LogP contribution in [0, 0.1) is 5.92 Å². The fourth-order valence-electron chi connectivity index (χ4n) is 1.24. The molecule has 0 fully saturated rings. The summed E-state index contributed by atoms with van der Waals surface area (Å²) < 4.78 is 5.36. The van der Waals surface area contributed by atoms with Crippen LogP contribution >= 0.6 is 0 Å². The Morgan fingerprint density at radius 1 is 1.44 bits per heavy atom. The second-order valence-electron chi connectivity index (χ2n) is 4.26. The summed E-state index contributed by atoms with van der Waals surface area (Å²) in [4.78, 5) is 19.7. The van der Waals surface area contributed by atoms with E-state index in [2.05, 4.69) is 34.4 Å². The summed E-state index contributed by atoms with van der Waals surface area (Å²) in [5, 5.41) is 5.56. The molecule has 1 rings (SSSR count). The van der Waals surface area contributed by atoms with Crippen molar-refractivity contribution in [1.82, 2.24) is 15.3 Å². The highest BCUT2D eigenvalue weighted by Gasteiger charge is 2.07. The van der Waals surface area contributed by atoms with Gasteiger partial charge in [-0.3, -0.25) is 9.78 Å². The summed E-state index contributed by atoms with van der Waals surface area (Å²) in [6, 6.07) is 0. The van der Waals surface area contributed by atoms with Gasteiger partial charge in [0.25, 0.3) is 5.91 Å². The highest BCUT2D eigenvalue weighted by molar-refractivity contribution is 5.92. The molecule has 6 heteroatoms. The molecule has 2 N–H and O–H groups in total. The molecule has 1 aromatic rings. The summed E-state index contributed by atoms with van der Waals surface area (Å²) in [6.07, 6.45) is 2.99. The molecule has 0 aliphatic rings. The Hall–Kier alpha value is -1.69. The molecule has 0 radical (unpaired) electrons. The van der Waals surface area contributed by atoms with E-state index in [1.165, 1.54) is 6.20 Å². The van der Waals surface area contributed by atoms with E-state index >= 15 is 0 Å². The van der Waals surface area contributed by atoms with Gasteiger partial charge in [-0.1, -0.05) is 13.8 Å². The molecule has 0 aliphatic heterocycles. The molecular formula is C12H20N4O2. The molecule has 0 saturated heterocycles. The van der Waals surface area contributed by atoms with Crippen molar-refractivity contribution in [3.8, 4) is 0 Å². The van der Waals surface area contributed by atoms with E-state index in [-0.39, 0.29) is 5.91 Å². The lowest BCUT2D eigenvalue weighted by atomic mass is 10.2. The molecular weight excluding hydrogens is 232 g/mol. The van der Waals surface area contributed by atoms with Gasteiger partial charge in [0.2, 0.25) is 0 Å². The van der Waals surface area contributed by atoms with Gasteiger partial charge in [-0.15, -0.1) is 0 Å². The van der Waals surface area contributed by atoms with Gasteiger partial charge in [-0.05, 0) is 5.92 Å². The van der Waals surface area contributed by atoms with Gasteiger partial charge < -0.3 is 15.4 Å². The van der Waals surface area contributed by atoms with Gasteiger partial charge in [-0.2, -0.15) is 0 Å². The molecule has 1 heterocycles. The minimum absolute atomic E-state index is 0.243. The Morgan fingerprint density at radius 2 is 2.22 bits per heavy atom. The summed E-state index contributed by atoms with van der Waals surface area (Å²) in [6.45, 7) is 5.83. The molecule has 0 saturated carbocycles. The number of amides is 1. The lowest BCUT2D eigenvalue weighted by molar-refractivity contribution is 0.0882. The second kappa shape index (κ2) is 7.60. The highest BCUT2D eigenvalue weighted by atomic mass is 16.5. The summed E-state index contributed by atoms with van der Waals surface area (Å²) >= 11 is 0. The van der Waals surface area contributed by atoms with E-state index in [9.17, 15) is 4.79 Å². The Balaban J connectivity index is 2.31. The average Bonchev–Trinajstić information content (AvgIpc) is 2.37. The number of hydrogen-bond acceptors (Lipinski definition) is 5. The average molecular weight is 252 g/mol. The molecule has 1 aromatic heterocycles. The third kappa shape index (κ3) is 5.09. The largest absolute Gasteiger partial charge is 0.379 e. The standard InChI is InChI=1S/C12H20N4O2/c1-9(2)8-18-5-4-15-12(17)10-6-14-7-11(13-3)16-10/h6-7,9H,4-5,8H2,1-3H3,(H,13,16)(H,15,17). The number of nitrogens with one attached hydrogen (secondary N) is 2. The van der Waals surface area contributed by atoms with Crippen molar-refractivity contribution >= 4 is 11.7 Å². The van der Waals surface area contributed by atoms with Gasteiger partial charge in [0.15, 0.2) is 0 Å². The zero-order valence-corrected chi connectivity index (χ0v) is 11.1. The number of carbonyl (C=O) groups is 1. The SMILES string of the molecule is CNc1cncc(C(=O)NCCOCC(C)C)n1. The van der Waals surface area contributed by atoms with E-state index in [0.717, 1.165) is 0 Å². The van der Waals surface area contributed by atoms with E-state index in [1.54, 1.807) is 13.2 Å². The van der Waals surface area contributed by atoms with Crippen LogP contribution in [0.1, 0.15) is 24.3 Å². The topological polar surface area (TPSA) is 76.1 Å². The van der Waals surface area contributed by atoms with Gasteiger partial charge in [0.1, 0.15) is 11.5 Å². The van der Waals surface area contributed by atoms with Gasteiger partial charge >= 0.3 is 0 Å². The van der Waals surface area contributed by atoms with Gasteiger partial charge in [0, 0.05) is 20.2 Å². The van der Waals surface area contributed by atoms with Crippen LogP contribution in [-0.2, 0) is 4.74 Å². The van der Waals surface area contributed by atoms with Crippen molar-refractivity contribution in [2.45, 2.75) is 13.8 Å². The van der Waals surface area contributed by atoms with E-state index in [0.29, 0.717) is 37.2 Å². The Bertz CT molecular complexity index is 382. The smallest absolute Gasteiger partial charge is 0.271 e. The van der Waals surface area contributed by atoms with Crippen LogP contribution in [0.2, 0.25) is 0 Å². The van der Waals surface area contributed by atoms with Crippen molar-refractivity contribution in [3.63, 3.8) is 0 Å². The number of carbonyl (C=O) groups excluding carboxylic acids is 1. The first kappa shape index (κ1) is 14.4. The number of aromatic nitrogens is 2. The number of ether oxygens (including phenoxy) is 1. The summed E-state index contributed by atoms with van der Waals surface area (Å²) in [5.41, 5.74) is 0.297. The monoisotopic (exact) mass is 252 g/mol. The predicted octanol–water partition coefficient (Wildman–Crippen LogP) is 0.921. The molecule has 0 spiro atoms. The number of nitrogens with zero attached hydrogens (tertiary/aromatic N) is 2. The van der Waals surface area contributed by atoms with Crippen molar-refractivity contribution in [3.05, 3.63) is 18.1 Å². The van der Waals surface area contributed by atoms with Crippen molar-refractivity contribution in [2.24, 2.45) is 5.92 Å². The molecule has 0 aliphatic carbocycles. The number of hydrogen-bond donors (Lipinski definition) is 2. The van der Waals surface area contributed by atoms with Crippen LogP contribution in [0.5, 0.6) is 0 Å². The van der Waals surface area contributed by atoms with Gasteiger partial charge in [-0.25, -0.2) is 4.98 Å². The zero-order valence-electron chi connectivity index (χ0n) is 11.1. The normalized spacial score (nSPS) is 10.4. The first-order chi connectivity index (χ1) is 8.63. The molecule has 6 nitrogen and oxygen atoms in total. The molecule has 18 heavy (non-hydrogen) atoms. The van der Waals surface area contributed by atoms with Crippen LogP contribution in [0.25, 0.3) is 0 Å². The Kier molecular flexibility index (Phi) is 6.07. The molecule has 100 valence electrons. The fourth-order valence-corrected chi connectivity index (χ4v) is 1.24. The molecule has 0 atom stereocenters. The second-order valence-corrected chi connectivity index (χ2v) is 4.26. The van der Waals surface area contributed by atoms with Gasteiger partial charge in [0.05, 0.1) is 19.0 Å². The van der Waals surface area contributed by atoms with Crippen LogP contribution in [0.3, 0.4) is 0 Å². The maximum Gasteiger partial charge on any atom is 0.271 e. The van der Waals surface area contributed by atoms with Crippen LogP contribution < -0.4 is 10.6 Å². The minimum Gasteiger partial charge on any atom is -0.379 e. The fraction of sp³-hybridized carbons (Fsp3) is 0.583. The quantitative estimate of drug-likeness (QED) is 0.706. The third-order valence-corrected chi connectivity index (χ3v) is 2.11. The number of anilines is 1. The van der Waals surface area contributed by atoms with Crippen LogP contribution in [0.15, 0.2) is 12.4 Å². The molecule has 0 bridgehead atoms. The lowest BCUT2D eigenvalue weighted by Crippen LogP contribution is -2.28. The molecule has 0 unspecified atom stereocenters. The van der Waals surface area contributed by atoms with Crippen LogP contribution in [0.4, 0.5) is 5.82 Å². The van der Waals surface area contributed by atoms with E-state index < -0.39 is 0 Å². The maximum absolute atomic E-state index is 11.7. The van der Waals surface area contributed by atoms with Crippen molar-refractivity contribution in [1.29, 1.82) is 0 Å². The van der Waals surface area contributed by atoms with Crippen LogP contribution in [-0.4, -0.2) is 42.7 Å². The first-order valence-electron chi connectivity index (χ1n) is 5.99. The Labute approximate surface area is 107 Å². The molecule has 1 amide bonds. The van der Waals surface area contributed by atoms with E-state index in [1.807, 2.05) is 0 Å². The highest BCUT2D eigenvalue weighted by Crippen LogP contribution is 2.00. The molecule has 0 aromatic carbocycles. The Morgan fingerprint density at radius 3 is 2.89 bits per heavy atom. The van der Waals surface area contributed by atoms with Crippen molar-refractivity contribution in [2.75, 3.05) is 32.1 Å². The summed E-state index contributed by atoms with van der Waals surface area (Å²) in [7, 11) is 1.73. The zero-order chi connectivity index (χ0) is 13.4. The third-order valence-electron chi connectivity index (χ3n) is 2.11. The van der Waals surface area contributed by atoms with E-state index in [4.69, 9.17) is 4.74 Å². The van der Waals surface area contributed by atoms with Crippen molar-refractivity contribution < 1.29 is 9.53 Å². The lowest BCUT2D eigenvalue weighted by Gasteiger charge is -2.08. The maximum atomic E-state index is 11.7. The predicted molar refractivity (Wildman–Crippen MR) is 69.6 cm³/mol. The minimum atomic E-state index is -0.243. The summed E-state index contributed by atoms with van der Waals surface area (Å²) in [5.74, 6) is 0.824. The first-order valence-corrected chi connectivity index (χ1v) is 5.99. The number of rotatable bonds is 7.